The summed E-state index contributed by atoms with van der Waals surface area (Å²) in [4.78, 5) is 16.3. The van der Waals surface area contributed by atoms with Gasteiger partial charge in [0.1, 0.15) is 11.6 Å². The van der Waals surface area contributed by atoms with E-state index in [9.17, 15) is 18.0 Å². The second kappa shape index (κ2) is 8.43. The molecule has 1 heterocycles. The van der Waals surface area contributed by atoms with E-state index in [1.807, 2.05) is 24.3 Å². The van der Waals surface area contributed by atoms with E-state index >= 15 is 0 Å². The number of anilines is 2. The molecule has 0 unspecified atom stereocenters. The van der Waals surface area contributed by atoms with E-state index in [2.05, 4.69) is 15.6 Å². The van der Waals surface area contributed by atoms with Crippen molar-refractivity contribution in [2.45, 2.75) is 6.54 Å². The number of rotatable bonds is 6. The first kappa shape index (κ1) is 19.2. The predicted octanol–water partition coefficient (Wildman–Crippen LogP) is 4.37. The van der Waals surface area contributed by atoms with Gasteiger partial charge in [0.15, 0.2) is 17.5 Å². The third-order valence-electron chi connectivity index (χ3n) is 3.96. The van der Waals surface area contributed by atoms with Gasteiger partial charge >= 0.3 is 0 Å². The molecule has 28 heavy (non-hydrogen) atoms. The number of carbonyl (C=O) groups is 1. The molecule has 5 nitrogen and oxygen atoms in total. The van der Waals surface area contributed by atoms with Gasteiger partial charge in [-0.3, -0.25) is 4.79 Å². The molecular formula is C20H16F3N3O2. The minimum atomic E-state index is -1.65. The Morgan fingerprint density at radius 1 is 1.04 bits per heavy atom. The largest absolute Gasteiger partial charge is 0.496 e. The number of amides is 1. The fourth-order valence-electron chi connectivity index (χ4n) is 2.48. The van der Waals surface area contributed by atoms with E-state index in [4.69, 9.17) is 4.74 Å². The molecule has 0 atom stereocenters. The monoisotopic (exact) mass is 387 g/mol. The second-order valence-electron chi connectivity index (χ2n) is 5.77. The molecule has 0 saturated carbocycles. The number of hydrogen-bond acceptors (Lipinski definition) is 4. The summed E-state index contributed by atoms with van der Waals surface area (Å²) in [5.74, 6) is -3.89. The van der Waals surface area contributed by atoms with E-state index in [1.165, 1.54) is 12.3 Å². The first-order valence-corrected chi connectivity index (χ1v) is 8.26. The highest BCUT2D eigenvalue weighted by Gasteiger charge is 2.16. The number of nitrogens with one attached hydrogen (secondary N) is 2. The normalized spacial score (nSPS) is 10.4. The Hall–Kier alpha value is -3.55. The Bertz CT molecular complexity index is 994. The number of benzene rings is 2. The summed E-state index contributed by atoms with van der Waals surface area (Å²) < 4.78 is 45.1. The van der Waals surface area contributed by atoms with Crippen molar-refractivity contribution in [3.8, 4) is 5.75 Å². The standard InChI is InChI=1S/C20H16F3N3O2/c1-28-16-5-3-2-4-12(16)10-24-17-9-6-13(11-25-17)20(27)26-15-8-7-14(21)18(22)19(15)23/h2-9,11H,10H2,1H3,(H,24,25)(H,26,27). The van der Waals surface area contributed by atoms with Gasteiger partial charge in [0.2, 0.25) is 0 Å². The van der Waals surface area contributed by atoms with Crippen molar-refractivity contribution < 1.29 is 22.7 Å². The molecule has 0 spiro atoms. The lowest BCUT2D eigenvalue weighted by atomic mass is 10.2. The van der Waals surface area contributed by atoms with Gasteiger partial charge in [-0.15, -0.1) is 0 Å². The van der Waals surface area contributed by atoms with Gasteiger partial charge < -0.3 is 15.4 Å². The molecule has 1 aromatic heterocycles. The first-order valence-electron chi connectivity index (χ1n) is 8.26. The quantitative estimate of drug-likeness (QED) is 0.617. The van der Waals surface area contributed by atoms with E-state index in [-0.39, 0.29) is 5.56 Å². The van der Waals surface area contributed by atoms with Crippen LogP contribution >= 0.6 is 0 Å². The molecule has 0 aliphatic rings. The molecule has 0 aliphatic heterocycles. The van der Waals surface area contributed by atoms with E-state index < -0.39 is 29.0 Å². The van der Waals surface area contributed by atoms with Crippen molar-refractivity contribution in [3.63, 3.8) is 0 Å². The van der Waals surface area contributed by atoms with Gasteiger partial charge in [0, 0.05) is 18.3 Å². The molecule has 2 aromatic carbocycles. The highest BCUT2D eigenvalue weighted by Crippen LogP contribution is 2.21. The Labute approximate surface area is 159 Å². The topological polar surface area (TPSA) is 63.2 Å². The summed E-state index contributed by atoms with van der Waals surface area (Å²) in [7, 11) is 1.58. The number of pyridine rings is 1. The molecule has 3 rings (SSSR count). The van der Waals surface area contributed by atoms with Crippen LogP contribution in [0.25, 0.3) is 0 Å². The molecule has 0 bridgehead atoms. The van der Waals surface area contributed by atoms with Gasteiger partial charge in [0.05, 0.1) is 18.4 Å². The predicted molar refractivity (Wildman–Crippen MR) is 98.8 cm³/mol. The fraction of sp³-hybridized carbons (Fsp3) is 0.100. The van der Waals surface area contributed by atoms with Crippen molar-refractivity contribution >= 4 is 17.4 Å². The lowest BCUT2D eigenvalue weighted by Gasteiger charge is -2.10. The van der Waals surface area contributed by atoms with Crippen molar-refractivity contribution in [1.29, 1.82) is 0 Å². The number of ether oxygens (including phenoxy) is 1. The Morgan fingerprint density at radius 3 is 2.54 bits per heavy atom. The second-order valence-corrected chi connectivity index (χ2v) is 5.77. The number of aromatic nitrogens is 1. The van der Waals surface area contributed by atoms with Crippen LogP contribution in [0.2, 0.25) is 0 Å². The third kappa shape index (κ3) is 4.22. The first-order chi connectivity index (χ1) is 13.5. The molecule has 1 amide bonds. The maximum atomic E-state index is 13.7. The van der Waals surface area contributed by atoms with Gasteiger partial charge in [-0.2, -0.15) is 0 Å². The zero-order valence-corrected chi connectivity index (χ0v) is 14.8. The number of halogens is 3. The van der Waals surface area contributed by atoms with Crippen molar-refractivity contribution in [2.24, 2.45) is 0 Å². The molecule has 2 N–H and O–H groups in total. The van der Waals surface area contributed by atoms with E-state index in [0.29, 0.717) is 12.4 Å². The summed E-state index contributed by atoms with van der Waals surface area (Å²) in [6, 6.07) is 12.2. The zero-order chi connectivity index (χ0) is 20.1. The number of hydrogen-bond donors (Lipinski definition) is 2. The average Bonchev–Trinajstić information content (AvgIpc) is 2.73. The van der Waals surface area contributed by atoms with Crippen LogP contribution in [-0.2, 0) is 6.54 Å². The fourth-order valence-corrected chi connectivity index (χ4v) is 2.48. The van der Waals surface area contributed by atoms with Gasteiger partial charge in [-0.1, -0.05) is 18.2 Å². The van der Waals surface area contributed by atoms with Gasteiger partial charge in [-0.05, 0) is 30.3 Å². The molecule has 0 radical (unpaired) electrons. The number of carbonyl (C=O) groups excluding carboxylic acids is 1. The van der Waals surface area contributed by atoms with Crippen molar-refractivity contribution in [1.82, 2.24) is 4.98 Å². The SMILES string of the molecule is COc1ccccc1CNc1ccc(C(=O)Nc2ccc(F)c(F)c2F)cn1. The van der Waals surface area contributed by atoms with E-state index in [0.717, 1.165) is 23.4 Å². The molecular weight excluding hydrogens is 371 g/mol. The van der Waals surface area contributed by atoms with Gasteiger partial charge in [-0.25, -0.2) is 18.2 Å². The molecule has 3 aromatic rings. The highest BCUT2D eigenvalue weighted by molar-refractivity contribution is 6.04. The van der Waals surface area contributed by atoms with Crippen LogP contribution in [-0.4, -0.2) is 18.0 Å². The number of methoxy groups -OCH3 is 1. The number of para-hydroxylation sites is 1. The minimum absolute atomic E-state index is 0.131. The number of nitrogens with zero attached hydrogens (tertiary/aromatic N) is 1. The Kier molecular flexibility index (Phi) is 5.78. The molecule has 0 fully saturated rings. The summed E-state index contributed by atoms with van der Waals surface area (Å²) in [6.45, 7) is 0.461. The molecule has 0 aliphatic carbocycles. The summed E-state index contributed by atoms with van der Waals surface area (Å²) in [5.41, 5.74) is 0.608. The lowest BCUT2D eigenvalue weighted by Crippen LogP contribution is -2.14. The van der Waals surface area contributed by atoms with Crippen LogP contribution in [0.4, 0.5) is 24.7 Å². The highest BCUT2D eigenvalue weighted by atomic mass is 19.2. The summed E-state index contributed by atoms with van der Waals surface area (Å²) >= 11 is 0. The lowest BCUT2D eigenvalue weighted by molar-refractivity contribution is 0.102. The van der Waals surface area contributed by atoms with E-state index in [1.54, 1.807) is 13.2 Å². The van der Waals surface area contributed by atoms with Crippen LogP contribution in [0.1, 0.15) is 15.9 Å². The summed E-state index contributed by atoms with van der Waals surface area (Å²) in [6.07, 6.45) is 1.29. The minimum Gasteiger partial charge on any atom is -0.496 e. The van der Waals surface area contributed by atoms with Crippen LogP contribution in [0.5, 0.6) is 5.75 Å². The van der Waals surface area contributed by atoms with Crippen molar-refractivity contribution in [3.05, 3.63) is 83.3 Å². The average molecular weight is 387 g/mol. The molecule has 0 saturated heterocycles. The summed E-state index contributed by atoms with van der Waals surface area (Å²) in [5, 5.41) is 5.29. The molecule has 144 valence electrons. The van der Waals surface area contributed by atoms with Crippen molar-refractivity contribution in [2.75, 3.05) is 17.7 Å². The maximum Gasteiger partial charge on any atom is 0.257 e. The van der Waals surface area contributed by atoms with Crippen LogP contribution < -0.4 is 15.4 Å². The molecule has 8 heteroatoms. The van der Waals surface area contributed by atoms with Crippen LogP contribution in [0.15, 0.2) is 54.7 Å². The maximum absolute atomic E-state index is 13.7. The zero-order valence-electron chi connectivity index (χ0n) is 14.8. The van der Waals surface area contributed by atoms with Crippen LogP contribution in [0, 0.1) is 17.5 Å². The Balaban J connectivity index is 1.65. The van der Waals surface area contributed by atoms with Gasteiger partial charge in [0.25, 0.3) is 5.91 Å². The smallest absolute Gasteiger partial charge is 0.257 e. The third-order valence-corrected chi connectivity index (χ3v) is 3.96. The Morgan fingerprint density at radius 2 is 1.82 bits per heavy atom. The van der Waals surface area contributed by atoms with Crippen LogP contribution in [0.3, 0.4) is 0 Å².